The predicted molar refractivity (Wildman–Crippen MR) is 56.3 cm³/mol. The minimum atomic E-state index is 0.210. The van der Waals surface area contributed by atoms with Crippen molar-refractivity contribution >= 4 is 11.3 Å². The Kier molecular flexibility index (Phi) is 3.88. The first kappa shape index (κ1) is 10.7. The van der Waals surface area contributed by atoms with E-state index in [0.29, 0.717) is 5.92 Å². The van der Waals surface area contributed by atoms with Crippen LogP contribution in [0.25, 0.3) is 0 Å². The molecule has 2 nitrogen and oxygen atoms in total. The minimum absolute atomic E-state index is 0.210. The summed E-state index contributed by atoms with van der Waals surface area (Å²) in [5.74, 6) is 0.721. The van der Waals surface area contributed by atoms with Gasteiger partial charge >= 0.3 is 0 Å². The fourth-order valence-electron chi connectivity index (χ4n) is 1.14. The quantitative estimate of drug-likeness (QED) is 0.809. The number of nitrogens with zero attached hydrogens (tertiary/aromatic N) is 1. The molecule has 13 heavy (non-hydrogen) atoms. The number of hydrogen-bond acceptors (Lipinski definition) is 3. The van der Waals surface area contributed by atoms with Crippen LogP contribution in [0.4, 0.5) is 0 Å². The summed E-state index contributed by atoms with van der Waals surface area (Å²) in [6.07, 6.45) is 0.960. The molecule has 0 aliphatic rings. The van der Waals surface area contributed by atoms with E-state index in [1.165, 1.54) is 0 Å². The molecule has 3 heteroatoms. The Labute approximate surface area is 83.6 Å². The molecule has 1 N–H and O–H groups in total. The van der Waals surface area contributed by atoms with Crippen LogP contribution in [0.2, 0.25) is 0 Å². The number of aliphatic hydroxyl groups is 1. The molecule has 0 aliphatic carbocycles. The highest BCUT2D eigenvalue weighted by Gasteiger charge is 2.13. The monoisotopic (exact) mass is 199 g/mol. The lowest BCUT2D eigenvalue weighted by Gasteiger charge is -2.06. The van der Waals surface area contributed by atoms with E-state index in [0.717, 1.165) is 17.1 Å². The van der Waals surface area contributed by atoms with Gasteiger partial charge in [-0.1, -0.05) is 20.8 Å². The average Bonchev–Trinajstić information content (AvgIpc) is 2.56. The molecule has 0 saturated heterocycles. The van der Waals surface area contributed by atoms with Gasteiger partial charge in [-0.05, 0) is 12.3 Å². The molecule has 1 rings (SSSR count). The fourth-order valence-corrected chi connectivity index (χ4v) is 2.29. The van der Waals surface area contributed by atoms with Gasteiger partial charge in [0.05, 0.1) is 17.3 Å². The van der Waals surface area contributed by atoms with Crippen molar-refractivity contribution in [1.82, 2.24) is 4.98 Å². The van der Waals surface area contributed by atoms with Gasteiger partial charge in [0.2, 0.25) is 0 Å². The topological polar surface area (TPSA) is 33.1 Å². The Morgan fingerprint density at radius 1 is 1.54 bits per heavy atom. The zero-order valence-corrected chi connectivity index (χ0v) is 9.27. The Morgan fingerprint density at radius 2 is 2.23 bits per heavy atom. The Balaban J connectivity index is 2.78. The number of rotatable bonds is 4. The lowest BCUT2D eigenvalue weighted by Crippen LogP contribution is -2.02. The Bertz CT molecular complexity index is 253. The normalized spacial score (nSPS) is 13.6. The summed E-state index contributed by atoms with van der Waals surface area (Å²) >= 11 is 1.66. The highest BCUT2D eigenvalue weighted by atomic mass is 32.1. The molecule has 1 unspecified atom stereocenters. The van der Waals surface area contributed by atoms with Gasteiger partial charge < -0.3 is 5.11 Å². The van der Waals surface area contributed by atoms with E-state index in [-0.39, 0.29) is 12.5 Å². The minimum Gasteiger partial charge on any atom is -0.396 e. The van der Waals surface area contributed by atoms with E-state index in [4.69, 9.17) is 5.11 Å². The fraction of sp³-hybridized carbons (Fsp3) is 0.700. The van der Waals surface area contributed by atoms with Crippen LogP contribution in [0.5, 0.6) is 0 Å². The third-order valence-corrected chi connectivity index (χ3v) is 3.22. The van der Waals surface area contributed by atoms with Gasteiger partial charge in [-0.3, -0.25) is 0 Å². The summed E-state index contributed by atoms with van der Waals surface area (Å²) in [5, 5.41) is 12.3. The molecule has 0 radical (unpaired) electrons. The van der Waals surface area contributed by atoms with Crippen LogP contribution in [0.1, 0.15) is 49.7 Å². The van der Waals surface area contributed by atoms with E-state index in [1.54, 1.807) is 11.3 Å². The number of aliphatic hydroxyl groups excluding tert-OH is 1. The Morgan fingerprint density at radius 3 is 2.62 bits per heavy atom. The molecular formula is C10H17NOS. The molecule has 0 spiro atoms. The van der Waals surface area contributed by atoms with Gasteiger partial charge in [-0.2, -0.15) is 0 Å². The number of aromatic nitrogens is 1. The van der Waals surface area contributed by atoms with Crippen LogP contribution < -0.4 is 0 Å². The highest BCUT2D eigenvalue weighted by Crippen LogP contribution is 2.25. The van der Waals surface area contributed by atoms with E-state index in [1.807, 2.05) is 0 Å². The van der Waals surface area contributed by atoms with Crippen molar-refractivity contribution in [2.24, 2.45) is 0 Å². The highest BCUT2D eigenvalue weighted by molar-refractivity contribution is 7.09. The SMILES string of the molecule is CCC(CO)c1nc(C(C)C)cs1. The maximum atomic E-state index is 9.09. The maximum Gasteiger partial charge on any atom is 0.0982 e. The smallest absolute Gasteiger partial charge is 0.0982 e. The van der Waals surface area contributed by atoms with Crippen LogP contribution in [0, 0.1) is 0 Å². The summed E-state index contributed by atoms with van der Waals surface area (Å²) in [4.78, 5) is 4.51. The molecule has 0 saturated carbocycles. The molecule has 1 atom stereocenters. The molecule has 0 aliphatic heterocycles. The van der Waals surface area contributed by atoms with Gasteiger partial charge in [0.15, 0.2) is 0 Å². The summed E-state index contributed by atoms with van der Waals surface area (Å²) in [7, 11) is 0. The van der Waals surface area contributed by atoms with Gasteiger partial charge in [-0.25, -0.2) is 4.98 Å². The summed E-state index contributed by atoms with van der Waals surface area (Å²) in [6, 6.07) is 0. The molecule has 0 amide bonds. The van der Waals surface area contributed by atoms with Crippen molar-refractivity contribution in [2.75, 3.05) is 6.61 Å². The zero-order valence-electron chi connectivity index (χ0n) is 8.45. The second kappa shape index (κ2) is 4.72. The van der Waals surface area contributed by atoms with E-state index >= 15 is 0 Å². The summed E-state index contributed by atoms with van der Waals surface area (Å²) in [6.45, 7) is 6.57. The number of thiazole rings is 1. The van der Waals surface area contributed by atoms with E-state index in [2.05, 4.69) is 31.1 Å². The molecule has 1 aromatic heterocycles. The average molecular weight is 199 g/mol. The second-order valence-electron chi connectivity index (χ2n) is 3.55. The largest absolute Gasteiger partial charge is 0.396 e. The summed E-state index contributed by atoms with van der Waals surface area (Å²) in [5.41, 5.74) is 1.15. The second-order valence-corrected chi connectivity index (χ2v) is 4.44. The van der Waals surface area contributed by atoms with Crippen molar-refractivity contribution in [3.63, 3.8) is 0 Å². The van der Waals surface area contributed by atoms with E-state index < -0.39 is 0 Å². The predicted octanol–water partition coefficient (Wildman–Crippen LogP) is 2.75. The molecule has 0 fully saturated rings. The van der Waals surface area contributed by atoms with Gasteiger partial charge in [-0.15, -0.1) is 11.3 Å². The molecule has 74 valence electrons. The molecule has 1 aromatic rings. The van der Waals surface area contributed by atoms with Crippen molar-refractivity contribution in [1.29, 1.82) is 0 Å². The summed E-state index contributed by atoms with van der Waals surface area (Å²) < 4.78 is 0. The van der Waals surface area contributed by atoms with Crippen LogP contribution in [-0.2, 0) is 0 Å². The first-order chi connectivity index (χ1) is 6.19. The van der Waals surface area contributed by atoms with Crippen LogP contribution in [0.15, 0.2) is 5.38 Å². The van der Waals surface area contributed by atoms with Crippen molar-refractivity contribution in [3.05, 3.63) is 16.1 Å². The first-order valence-electron chi connectivity index (χ1n) is 4.75. The molecular weight excluding hydrogens is 182 g/mol. The molecule has 0 aromatic carbocycles. The van der Waals surface area contributed by atoms with Gasteiger partial charge in [0, 0.05) is 11.3 Å². The third-order valence-electron chi connectivity index (χ3n) is 2.19. The van der Waals surface area contributed by atoms with Crippen LogP contribution in [0.3, 0.4) is 0 Å². The first-order valence-corrected chi connectivity index (χ1v) is 5.63. The lowest BCUT2D eigenvalue weighted by molar-refractivity contribution is 0.262. The van der Waals surface area contributed by atoms with Crippen molar-refractivity contribution in [2.45, 2.75) is 39.0 Å². The number of hydrogen-bond donors (Lipinski definition) is 1. The van der Waals surface area contributed by atoms with Crippen LogP contribution >= 0.6 is 11.3 Å². The molecule has 1 heterocycles. The van der Waals surface area contributed by atoms with Gasteiger partial charge in [0.25, 0.3) is 0 Å². The molecule has 0 bridgehead atoms. The van der Waals surface area contributed by atoms with Crippen molar-refractivity contribution < 1.29 is 5.11 Å². The standard InChI is InChI=1S/C10H17NOS/c1-4-8(5-12)10-11-9(6-13-10)7(2)3/h6-8,12H,4-5H2,1-3H3. The zero-order chi connectivity index (χ0) is 9.84. The van der Waals surface area contributed by atoms with Crippen LogP contribution in [-0.4, -0.2) is 16.7 Å². The Hall–Kier alpha value is -0.410. The maximum absolute atomic E-state index is 9.09. The third kappa shape index (κ3) is 2.51. The van der Waals surface area contributed by atoms with Crippen molar-refractivity contribution in [3.8, 4) is 0 Å². The lowest BCUT2D eigenvalue weighted by atomic mass is 10.1. The van der Waals surface area contributed by atoms with E-state index in [9.17, 15) is 0 Å². The van der Waals surface area contributed by atoms with Gasteiger partial charge in [0.1, 0.15) is 0 Å².